The molecule has 18 heavy (non-hydrogen) atoms. The highest BCUT2D eigenvalue weighted by molar-refractivity contribution is 5.89. The molecule has 0 bridgehead atoms. The molecule has 0 unspecified atom stereocenters. The van der Waals surface area contributed by atoms with Gasteiger partial charge >= 0.3 is 0 Å². The molecule has 1 aromatic carbocycles. The first-order chi connectivity index (χ1) is 8.33. The summed E-state index contributed by atoms with van der Waals surface area (Å²) in [6.07, 6.45) is 1.52. The summed E-state index contributed by atoms with van der Waals surface area (Å²) in [6, 6.07) is 6.36. The van der Waals surface area contributed by atoms with Crippen LogP contribution < -0.4 is 11.1 Å². The van der Waals surface area contributed by atoms with Crippen LogP contribution in [-0.4, -0.2) is 18.0 Å². The van der Waals surface area contributed by atoms with Gasteiger partial charge in [-0.25, -0.2) is 4.39 Å². The molecule has 1 aromatic rings. The van der Waals surface area contributed by atoms with Crippen LogP contribution in [-0.2, 0) is 10.2 Å². The van der Waals surface area contributed by atoms with Gasteiger partial charge in [0.25, 0.3) is 0 Å². The average Bonchev–Trinajstić information content (AvgIpc) is 3.06. The fraction of sp³-hybridized carbons (Fsp3) is 0.500. The maximum atomic E-state index is 12.9. The molecule has 0 spiro atoms. The van der Waals surface area contributed by atoms with Crippen molar-refractivity contribution < 1.29 is 9.18 Å². The number of nitrogens with one attached hydrogen (secondary N) is 1. The molecule has 2 rings (SSSR count). The van der Waals surface area contributed by atoms with Crippen molar-refractivity contribution in [3.63, 3.8) is 0 Å². The molecule has 3 N–H and O–H groups in total. The molecule has 98 valence electrons. The third-order valence-corrected chi connectivity index (χ3v) is 3.56. The number of amides is 1. The zero-order valence-corrected chi connectivity index (χ0v) is 10.8. The number of nitrogens with two attached hydrogens (primary N) is 1. The normalized spacial score (nSPS) is 17.3. The standard InChI is InChI=1S/C14H19FN2O/c1-13(2,10-3-5-11(15)6-4-10)9-17-12(18)14(16)7-8-14/h3-6H,7-9,16H2,1-2H3,(H,17,18). The van der Waals surface area contributed by atoms with Crippen LogP contribution in [0.25, 0.3) is 0 Å². The summed E-state index contributed by atoms with van der Waals surface area (Å²) in [7, 11) is 0. The summed E-state index contributed by atoms with van der Waals surface area (Å²) in [4.78, 5) is 11.8. The first kappa shape index (κ1) is 13.0. The summed E-state index contributed by atoms with van der Waals surface area (Å²) >= 11 is 0. The Morgan fingerprint density at radius 3 is 2.44 bits per heavy atom. The maximum Gasteiger partial charge on any atom is 0.240 e. The van der Waals surface area contributed by atoms with Crippen LogP contribution in [0, 0.1) is 5.82 Å². The van der Waals surface area contributed by atoms with Gasteiger partial charge in [0.15, 0.2) is 0 Å². The van der Waals surface area contributed by atoms with Gasteiger partial charge in [-0.1, -0.05) is 26.0 Å². The molecule has 0 saturated heterocycles. The van der Waals surface area contributed by atoms with Crippen LogP contribution in [0.3, 0.4) is 0 Å². The Labute approximate surface area is 107 Å². The van der Waals surface area contributed by atoms with Gasteiger partial charge in [0.2, 0.25) is 5.91 Å². The van der Waals surface area contributed by atoms with Crippen molar-refractivity contribution >= 4 is 5.91 Å². The molecule has 0 aliphatic heterocycles. The third kappa shape index (κ3) is 2.70. The van der Waals surface area contributed by atoms with Crippen molar-refractivity contribution in [2.75, 3.05) is 6.54 Å². The molecular formula is C14H19FN2O. The Morgan fingerprint density at radius 1 is 1.39 bits per heavy atom. The van der Waals surface area contributed by atoms with Crippen molar-refractivity contribution in [2.45, 2.75) is 37.6 Å². The molecule has 1 saturated carbocycles. The Bertz CT molecular complexity index is 449. The summed E-state index contributed by atoms with van der Waals surface area (Å²) < 4.78 is 12.9. The number of hydrogen-bond acceptors (Lipinski definition) is 2. The third-order valence-electron chi connectivity index (χ3n) is 3.56. The molecule has 1 aliphatic carbocycles. The lowest BCUT2D eigenvalue weighted by atomic mass is 9.84. The first-order valence-electron chi connectivity index (χ1n) is 6.17. The molecular weight excluding hydrogens is 231 g/mol. The predicted molar refractivity (Wildman–Crippen MR) is 68.6 cm³/mol. The van der Waals surface area contributed by atoms with Crippen molar-refractivity contribution in [1.82, 2.24) is 5.32 Å². The van der Waals surface area contributed by atoms with Gasteiger partial charge < -0.3 is 11.1 Å². The Balaban J connectivity index is 1.98. The van der Waals surface area contributed by atoms with Crippen molar-refractivity contribution in [3.8, 4) is 0 Å². The highest BCUT2D eigenvalue weighted by atomic mass is 19.1. The SMILES string of the molecule is CC(C)(CNC(=O)C1(N)CC1)c1ccc(F)cc1. The Hall–Kier alpha value is -1.42. The van der Waals surface area contributed by atoms with Crippen LogP contribution in [0.2, 0.25) is 0 Å². The number of carbonyl (C=O) groups is 1. The van der Waals surface area contributed by atoms with E-state index in [1.54, 1.807) is 12.1 Å². The van der Waals surface area contributed by atoms with Crippen molar-refractivity contribution in [2.24, 2.45) is 5.73 Å². The topological polar surface area (TPSA) is 55.1 Å². The molecule has 1 aliphatic rings. The van der Waals surface area contributed by atoms with E-state index in [2.05, 4.69) is 5.32 Å². The van der Waals surface area contributed by atoms with Crippen LogP contribution in [0.4, 0.5) is 4.39 Å². The average molecular weight is 250 g/mol. The minimum atomic E-state index is -0.640. The van der Waals surface area contributed by atoms with E-state index >= 15 is 0 Å². The highest BCUT2D eigenvalue weighted by Crippen LogP contribution is 2.32. The largest absolute Gasteiger partial charge is 0.354 e. The van der Waals surface area contributed by atoms with E-state index in [9.17, 15) is 9.18 Å². The van der Waals surface area contributed by atoms with Gasteiger partial charge in [-0.3, -0.25) is 4.79 Å². The number of hydrogen-bond donors (Lipinski definition) is 2. The van der Waals surface area contributed by atoms with E-state index in [-0.39, 0.29) is 17.1 Å². The number of benzene rings is 1. The number of rotatable bonds is 4. The second-order valence-corrected chi connectivity index (χ2v) is 5.73. The van der Waals surface area contributed by atoms with Gasteiger partial charge in [0.1, 0.15) is 5.82 Å². The minimum Gasteiger partial charge on any atom is -0.354 e. The zero-order chi connectivity index (χ0) is 13.4. The number of carbonyl (C=O) groups excluding carboxylic acids is 1. The van der Waals surface area contributed by atoms with Crippen molar-refractivity contribution in [3.05, 3.63) is 35.6 Å². The zero-order valence-electron chi connectivity index (χ0n) is 10.8. The van der Waals surface area contributed by atoms with Crippen molar-refractivity contribution in [1.29, 1.82) is 0 Å². The van der Waals surface area contributed by atoms with Crippen LogP contribution in [0.15, 0.2) is 24.3 Å². The summed E-state index contributed by atoms with van der Waals surface area (Å²) in [5.74, 6) is -0.338. The fourth-order valence-electron chi connectivity index (χ4n) is 1.84. The predicted octanol–water partition coefficient (Wildman–Crippen LogP) is 1.71. The lowest BCUT2D eigenvalue weighted by Gasteiger charge is -2.26. The second kappa shape index (κ2) is 4.35. The molecule has 0 atom stereocenters. The fourth-order valence-corrected chi connectivity index (χ4v) is 1.84. The lowest BCUT2D eigenvalue weighted by molar-refractivity contribution is -0.123. The van der Waals surface area contributed by atoms with Gasteiger partial charge in [0.05, 0.1) is 5.54 Å². The van der Waals surface area contributed by atoms with Crippen LogP contribution >= 0.6 is 0 Å². The highest BCUT2D eigenvalue weighted by Gasteiger charge is 2.46. The molecule has 1 amide bonds. The second-order valence-electron chi connectivity index (χ2n) is 5.73. The molecule has 3 nitrogen and oxygen atoms in total. The van der Waals surface area contributed by atoms with E-state index in [4.69, 9.17) is 5.73 Å². The lowest BCUT2D eigenvalue weighted by Crippen LogP contribution is -2.46. The molecule has 0 radical (unpaired) electrons. The smallest absolute Gasteiger partial charge is 0.240 e. The molecule has 4 heteroatoms. The minimum absolute atomic E-state index is 0.0855. The van der Waals surface area contributed by atoms with E-state index in [1.807, 2.05) is 13.8 Å². The van der Waals surface area contributed by atoms with E-state index in [0.717, 1.165) is 18.4 Å². The van der Waals surface area contributed by atoms with Gasteiger partial charge in [-0.05, 0) is 30.5 Å². The van der Waals surface area contributed by atoms with E-state index < -0.39 is 5.54 Å². The Morgan fingerprint density at radius 2 is 1.94 bits per heavy atom. The summed E-state index contributed by atoms with van der Waals surface area (Å²) in [6.45, 7) is 4.52. The van der Waals surface area contributed by atoms with Crippen LogP contribution in [0.1, 0.15) is 32.3 Å². The summed E-state index contributed by atoms with van der Waals surface area (Å²) in [5, 5.41) is 2.88. The van der Waals surface area contributed by atoms with Gasteiger partial charge in [0, 0.05) is 12.0 Å². The van der Waals surface area contributed by atoms with E-state index in [0.29, 0.717) is 6.54 Å². The quantitative estimate of drug-likeness (QED) is 0.854. The van der Waals surface area contributed by atoms with Crippen LogP contribution in [0.5, 0.6) is 0 Å². The molecule has 0 heterocycles. The Kier molecular flexibility index (Phi) is 3.15. The first-order valence-corrected chi connectivity index (χ1v) is 6.17. The van der Waals surface area contributed by atoms with Gasteiger partial charge in [-0.15, -0.1) is 0 Å². The summed E-state index contributed by atoms with van der Waals surface area (Å²) in [5.41, 5.74) is 5.93. The molecule has 0 aromatic heterocycles. The molecule has 1 fully saturated rings. The van der Waals surface area contributed by atoms with Gasteiger partial charge in [-0.2, -0.15) is 0 Å². The monoisotopic (exact) mass is 250 g/mol. The van der Waals surface area contributed by atoms with E-state index in [1.165, 1.54) is 12.1 Å². The number of halogens is 1. The maximum absolute atomic E-state index is 12.9.